The Balaban J connectivity index is 1.35. The summed E-state index contributed by atoms with van der Waals surface area (Å²) in [6, 6.07) is 8.22. The van der Waals surface area contributed by atoms with Crippen LogP contribution in [0.5, 0.6) is 0 Å². The van der Waals surface area contributed by atoms with Gasteiger partial charge in [0, 0.05) is 49.7 Å². The van der Waals surface area contributed by atoms with Gasteiger partial charge in [0.15, 0.2) is 0 Å². The third kappa shape index (κ3) is 3.67. The third-order valence-corrected chi connectivity index (χ3v) is 6.70. The van der Waals surface area contributed by atoms with Crippen molar-refractivity contribution in [2.45, 2.75) is 32.7 Å². The Labute approximate surface area is 181 Å². The van der Waals surface area contributed by atoms with Gasteiger partial charge in [0.2, 0.25) is 0 Å². The van der Waals surface area contributed by atoms with Crippen LogP contribution in [0.4, 0.5) is 15.9 Å². The summed E-state index contributed by atoms with van der Waals surface area (Å²) in [5, 5.41) is 4.51. The minimum Gasteiger partial charge on any atom is -0.384 e. The average Bonchev–Trinajstić information content (AvgIpc) is 2.79. The number of pyridine rings is 2. The predicted molar refractivity (Wildman–Crippen MR) is 123 cm³/mol. The topological polar surface area (TPSA) is 64.3 Å². The molecule has 4 heterocycles. The lowest BCUT2D eigenvalue weighted by atomic mass is 9.98. The van der Waals surface area contributed by atoms with Crippen LogP contribution in [0.2, 0.25) is 0 Å². The lowest BCUT2D eigenvalue weighted by Crippen LogP contribution is -2.47. The van der Waals surface area contributed by atoms with E-state index in [4.69, 9.17) is 0 Å². The molecule has 0 saturated carbocycles. The van der Waals surface area contributed by atoms with Gasteiger partial charge in [0.05, 0.1) is 17.4 Å². The summed E-state index contributed by atoms with van der Waals surface area (Å²) in [7, 11) is 0. The van der Waals surface area contributed by atoms with E-state index in [1.807, 2.05) is 6.92 Å². The molecule has 0 bridgehead atoms. The van der Waals surface area contributed by atoms with Gasteiger partial charge in [-0.05, 0) is 49.9 Å². The molecule has 1 saturated heterocycles. The number of piperazine rings is 1. The average molecular weight is 422 g/mol. The zero-order valence-corrected chi connectivity index (χ0v) is 18.0. The highest BCUT2D eigenvalue weighted by atomic mass is 19.1. The zero-order chi connectivity index (χ0) is 21.5. The highest BCUT2D eigenvalue weighted by Gasteiger charge is 2.24. The maximum absolute atomic E-state index is 13.4. The van der Waals surface area contributed by atoms with Crippen LogP contribution in [-0.4, -0.2) is 47.6 Å². The number of hydrogen-bond donors (Lipinski definition) is 2. The number of halogens is 1. The summed E-state index contributed by atoms with van der Waals surface area (Å²) in [5.41, 5.74) is 4.86. The fourth-order valence-electron chi connectivity index (χ4n) is 4.93. The summed E-state index contributed by atoms with van der Waals surface area (Å²) in [4.78, 5) is 24.6. The van der Waals surface area contributed by atoms with Crippen LogP contribution in [0.1, 0.15) is 36.1 Å². The van der Waals surface area contributed by atoms with Crippen LogP contribution in [0.25, 0.3) is 10.9 Å². The quantitative estimate of drug-likeness (QED) is 0.676. The van der Waals surface area contributed by atoms with E-state index in [0.29, 0.717) is 0 Å². The molecule has 162 valence electrons. The molecule has 2 N–H and O–H groups in total. The second-order valence-corrected chi connectivity index (χ2v) is 8.64. The molecule has 2 aliphatic rings. The van der Waals surface area contributed by atoms with Gasteiger partial charge in [-0.1, -0.05) is 12.1 Å². The van der Waals surface area contributed by atoms with Crippen LogP contribution in [0.3, 0.4) is 0 Å². The number of anilines is 2. The normalized spacial score (nSPS) is 18.0. The number of aryl methyl sites for hydroxylation is 1. The number of H-pyrrole nitrogens is 1. The number of benzene rings is 1. The highest BCUT2D eigenvalue weighted by Crippen LogP contribution is 2.31. The molecule has 7 heteroatoms. The first-order valence-electron chi connectivity index (χ1n) is 11.0. The van der Waals surface area contributed by atoms with E-state index in [9.17, 15) is 9.18 Å². The molecule has 1 unspecified atom stereocenters. The van der Waals surface area contributed by atoms with Crippen molar-refractivity contribution in [3.05, 3.63) is 63.3 Å². The molecular formula is C24H28FN5O. The SMILES string of the molecule is Cc1cc(F)cnc1N1CCN(C(C)c2ccc3c4c(c(=O)[nH]c3c2)CCCN4)CC1. The Bertz CT molecular complexity index is 1180. The third-order valence-electron chi connectivity index (χ3n) is 6.70. The lowest BCUT2D eigenvalue weighted by molar-refractivity contribution is 0.198. The first kappa shape index (κ1) is 20.0. The standard InChI is InChI=1S/C24H28FN5O/c1-15-12-18(25)14-27-23(15)30-10-8-29(9-11-30)16(2)17-5-6-19-21(13-17)28-24(31)20-4-3-7-26-22(19)20/h5-6,12-14,16,26H,3-4,7-11H2,1-2H3,(H,28,31). The molecule has 0 amide bonds. The van der Waals surface area contributed by atoms with Gasteiger partial charge in [-0.3, -0.25) is 9.69 Å². The maximum atomic E-state index is 13.4. The van der Waals surface area contributed by atoms with Crippen molar-refractivity contribution in [1.82, 2.24) is 14.9 Å². The van der Waals surface area contributed by atoms with Crippen molar-refractivity contribution >= 4 is 22.4 Å². The molecule has 5 rings (SSSR count). The largest absolute Gasteiger partial charge is 0.384 e. The Morgan fingerprint density at radius 3 is 2.74 bits per heavy atom. The zero-order valence-electron chi connectivity index (χ0n) is 18.0. The predicted octanol–water partition coefficient (Wildman–Crippen LogP) is 3.61. The van der Waals surface area contributed by atoms with E-state index in [-0.39, 0.29) is 17.4 Å². The first-order chi connectivity index (χ1) is 15.0. The van der Waals surface area contributed by atoms with Crippen molar-refractivity contribution in [2.24, 2.45) is 0 Å². The van der Waals surface area contributed by atoms with Crippen molar-refractivity contribution in [3.63, 3.8) is 0 Å². The number of fused-ring (bicyclic) bond motifs is 3. The second-order valence-electron chi connectivity index (χ2n) is 8.64. The summed E-state index contributed by atoms with van der Waals surface area (Å²) in [5.74, 6) is 0.577. The van der Waals surface area contributed by atoms with Gasteiger partial charge in [0.1, 0.15) is 11.6 Å². The molecule has 0 spiro atoms. The van der Waals surface area contributed by atoms with Gasteiger partial charge >= 0.3 is 0 Å². The fourth-order valence-corrected chi connectivity index (χ4v) is 4.93. The van der Waals surface area contributed by atoms with Crippen molar-refractivity contribution < 1.29 is 4.39 Å². The molecule has 1 fully saturated rings. The van der Waals surface area contributed by atoms with Crippen LogP contribution >= 0.6 is 0 Å². The maximum Gasteiger partial charge on any atom is 0.253 e. The highest BCUT2D eigenvalue weighted by molar-refractivity contribution is 5.93. The Kier molecular flexibility index (Phi) is 5.14. The van der Waals surface area contributed by atoms with E-state index in [0.717, 1.165) is 79.1 Å². The summed E-state index contributed by atoms with van der Waals surface area (Å²) >= 11 is 0. The number of aromatic amines is 1. The van der Waals surface area contributed by atoms with Crippen molar-refractivity contribution in [3.8, 4) is 0 Å². The molecular weight excluding hydrogens is 393 g/mol. The van der Waals surface area contributed by atoms with Crippen LogP contribution in [-0.2, 0) is 6.42 Å². The van der Waals surface area contributed by atoms with Crippen LogP contribution in [0, 0.1) is 12.7 Å². The Hall–Kier alpha value is -2.93. The summed E-state index contributed by atoms with van der Waals surface area (Å²) in [6.07, 6.45) is 3.12. The Morgan fingerprint density at radius 1 is 1.16 bits per heavy atom. The molecule has 2 aromatic heterocycles. The van der Waals surface area contributed by atoms with E-state index in [1.54, 1.807) is 6.07 Å². The number of nitrogens with zero attached hydrogens (tertiary/aromatic N) is 3. The van der Waals surface area contributed by atoms with E-state index >= 15 is 0 Å². The number of rotatable bonds is 3. The summed E-state index contributed by atoms with van der Waals surface area (Å²) < 4.78 is 13.4. The van der Waals surface area contributed by atoms with Crippen LogP contribution in [0.15, 0.2) is 35.3 Å². The smallest absolute Gasteiger partial charge is 0.253 e. The molecule has 2 aliphatic heterocycles. The monoisotopic (exact) mass is 421 g/mol. The molecule has 31 heavy (non-hydrogen) atoms. The molecule has 1 atom stereocenters. The lowest BCUT2D eigenvalue weighted by Gasteiger charge is -2.39. The number of nitrogens with one attached hydrogen (secondary N) is 2. The molecule has 0 radical (unpaired) electrons. The molecule has 3 aromatic rings. The van der Waals surface area contributed by atoms with Crippen molar-refractivity contribution in [2.75, 3.05) is 42.9 Å². The Morgan fingerprint density at radius 2 is 1.97 bits per heavy atom. The molecule has 1 aromatic carbocycles. The molecule has 0 aliphatic carbocycles. The minimum atomic E-state index is -0.292. The van der Waals surface area contributed by atoms with Crippen LogP contribution < -0.4 is 15.8 Å². The first-order valence-corrected chi connectivity index (χ1v) is 11.0. The van der Waals surface area contributed by atoms with Gasteiger partial charge < -0.3 is 15.2 Å². The minimum absolute atomic E-state index is 0.0234. The second kappa shape index (κ2) is 7.96. The van der Waals surface area contributed by atoms with E-state index in [1.165, 1.54) is 11.8 Å². The van der Waals surface area contributed by atoms with Gasteiger partial charge in [-0.2, -0.15) is 0 Å². The van der Waals surface area contributed by atoms with Gasteiger partial charge in [0.25, 0.3) is 5.56 Å². The summed E-state index contributed by atoms with van der Waals surface area (Å²) in [6.45, 7) is 8.55. The van der Waals surface area contributed by atoms with Gasteiger partial charge in [-0.15, -0.1) is 0 Å². The van der Waals surface area contributed by atoms with Gasteiger partial charge in [-0.25, -0.2) is 9.37 Å². The number of aromatic nitrogens is 2. The van der Waals surface area contributed by atoms with Crippen molar-refractivity contribution in [1.29, 1.82) is 0 Å². The van der Waals surface area contributed by atoms with E-state index < -0.39 is 0 Å². The number of hydrogen-bond acceptors (Lipinski definition) is 5. The van der Waals surface area contributed by atoms with E-state index in [2.05, 4.69) is 50.2 Å². The fraction of sp³-hybridized carbons (Fsp3) is 0.417. The molecule has 6 nitrogen and oxygen atoms in total.